The van der Waals surface area contributed by atoms with Crippen LogP contribution in [0, 0.1) is 23.7 Å². The highest BCUT2D eigenvalue weighted by molar-refractivity contribution is 4.86. The average molecular weight is 338 g/mol. The molecule has 0 radical (unpaired) electrons. The molecule has 0 amide bonds. The van der Waals surface area contributed by atoms with Crippen molar-refractivity contribution in [1.29, 1.82) is 0 Å². The molecule has 0 aromatic rings. The Kier molecular flexibility index (Phi) is 13.0. The van der Waals surface area contributed by atoms with E-state index in [1.54, 1.807) is 0 Å². The van der Waals surface area contributed by atoms with E-state index in [1.165, 1.54) is 96.3 Å². The molecule has 0 bridgehead atoms. The summed E-state index contributed by atoms with van der Waals surface area (Å²) in [6, 6.07) is 0. The Morgan fingerprint density at radius 1 is 0.667 bits per heavy atom. The van der Waals surface area contributed by atoms with Crippen LogP contribution in [0.15, 0.2) is 0 Å². The normalized spacial score (nSPS) is 27.5. The zero-order chi connectivity index (χ0) is 17.6. The van der Waals surface area contributed by atoms with Crippen molar-refractivity contribution in [3.8, 4) is 0 Å². The molecule has 1 heteroatoms. The third-order valence-corrected chi connectivity index (χ3v) is 6.81. The zero-order valence-electron chi connectivity index (χ0n) is 17.2. The molecule has 2 N–H and O–H groups in total. The van der Waals surface area contributed by atoms with Gasteiger partial charge in [-0.25, -0.2) is 0 Å². The Hall–Kier alpha value is -0.0400. The fourth-order valence-corrected chi connectivity index (χ4v) is 5.05. The van der Waals surface area contributed by atoms with Crippen LogP contribution in [0.1, 0.15) is 117 Å². The van der Waals surface area contributed by atoms with Gasteiger partial charge in [0.1, 0.15) is 0 Å². The van der Waals surface area contributed by atoms with Gasteiger partial charge in [0, 0.05) is 0 Å². The Bertz CT molecular complexity index is 273. The van der Waals surface area contributed by atoms with Crippen LogP contribution >= 0.6 is 0 Å². The number of unbranched alkanes of at least 4 members (excludes halogenated alkanes) is 9. The van der Waals surface area contributed by atoms with Crippen LogP contribution in [0.25, 0.3) is 0 Å². The van der Waals surface area contributed by atoms with Gasteiger partial charge in [-0.15, -0.1) is 0 Å². The molecule has 4 unspecified atom stereocenters. The van der Waals surface area contributed by atoms with Crippen molar-refractivity contribution < 1.29 is 0 Å². The molecule has 0 aromatic heterocycles. The van der Waals surface area contributed by atoms with Crippen LogP contribution in [0.2, 0.25) is 0 Å². The van der Waals surface area contributed by atoms with Crippen molar-refractivity contribution >= 4 is 0 Å². The van der Waals surface area contributed by atoms with E-state index in [1.807, 2.05) is 0 Å². The highest BCUT2D eigenvalue weighted by atomic mass is 14.6. The molecule has 0 heterocycles. The molecule has 24 heavy (non-hydrogen) atoms. The maximum Gasteiger partial charge on any atom is -0.00436 e. The fourth-order valence-electron chi connectivity index (χ4n) is 5.05. The first-order chi connectivity index (χ1) is 11.7. The summed E-state index contributed by atoms with van der Waals surface area (Å²) in [6.45, 7) is 8.04. The largest absolute Gasteiger partial charge is 0.330 e. The molecule has 0 aliphatic heterocycles. The molecule has 4 atom stereocenters. The van der Waals surface area contributed by atoms with Gasteiger partial charge >= 0.3 is 0 Å². The molecular formula is C23H47N. The summed E-state index contributed by atoms with van der Waals surface area (Å²) in [4.78, 5) is 0. The van der Waals surface area contributed by atoms with E-state index >= 15 is 0 Å². The van der Waals surface area contributed by atoms with E-state index in [4.69, 9.17) is 5.73 Å². The van der Waals surface area contributed by atoms with Crippen LogP contribution in [0.3, 0.4) is 0 Å². The van der Waals surface area contributed by atoms with E-state index in [9.17, 15) is 0 Å². The Labute approximate surface area is 153 Å². The number of hydrogen-bond donors (Lipinski definition) is 1. The molecule has 0 aromatic carbocycles. The molecule has 1 rings (SSSR count). The van der Waals surface area contributed by atoms with Crippen molar-refractivity contribution in [3.63, 3.8) is 0 Å². The standard InChI is InChI=1S/C23H47N/c1-4-6-8-10-11-12-14-16-22-18-17-21(15-13-9-7-5-2)20(3)23(22)19-24/h20-23H,4-19,24H2,1-3H3. The second-order valence-electron chi connectivity index (χ2n) is 8.62. The van der Waals surface area contributed by atoms with E-state index < -0.39 is 0 Å². The van der Waals surface area contributed by atoms with Crippen molar-refractivity contribution in [3.05, 3.63) is 0 Å². The minimum absolute atomic E-state index is 0.801. The maximum atomic E-state index is 6.21. The molecule has 144 valence electrons. The summed E-state index contributed by atoms with van der Waals surface area (Å²) in [5.41, 5.74) is 6.21. The van der Waals surface area contributed by atoms with Gasteiger partial charge in [0.15, 0.2) is 0 Å². The smallest absolute Gasteiger partial charge is 0.00436 e. The lowest BCUT2D eigenvalue weighted by Crippen LogP contribution is -2.37. The van der Waals surface area contributed by atoms with Crippen molar-refractivity contribution in [1.82, 2.24) is 0 Å². The van der Waals surface area contributed by atoms with Gasteiger partial charge in [-0.1, -0.05) is 104 Å². The van der Waals surface area contributed by atoms with Crippen LogP contribution in [-0.2, 0) is 0 Å². The second kappa shape index (κ2) is 14.2. The van der Waals surface area contributed by atoms with Crippen molar-refractivity contribution in [2.45, 2.75) is 117 Å². The third kappa shape index (κ3) is 8.37. The molecular weight excluding hydrogens is 290 g/mol. The molecule has 1 fully saturated rings. The number of nitrogens with two attached hydrogens (primary N) is 1. The summed E-state index contributed by atoms with van der Waals surface area (Å²) in [7, 11) is 0. The van der Waals surface area contributed by atoms with Crippen molar-refractivity contribution in [2.75, 3.05) is 6.54 Å². The van der Waals surface area contributed by atoms with Gasteiger partial charge in [0.05, 0.1) is 0 Å². The third-order valence-electron chi connectivity index (χ3n) is 6.81. The Morgan fingerprint density at radius 2 is 1.12 bits per heavy atom. The van der Waals surface area contributed by atoms with E-state index in [0.717, 1.165) is 30.2 Å². The summed E-state index contributed by atoms with van der Waals surface area (Å²) >= 11 is 0. The van der Waals surface area contributed by atoms with Gasteiger partial charge in [-0.05, 0) is 43.1 Å². The van der Waals surface area contributed by atoms with E-state index in [-0.39, 0.29) is 0 Å². The molecule has 1 aliphatic carbocycles. The SMILES string of the molecule is CCCCCCCCCC1CCC(CCCCCC)C(C)C1CN. The van der Waals surface area contributed by atoms with Gasteiger partial charge in [-0.3, -0.25) is 0 Å². The first-order valence-corrected chi connectivity index (χ1v) is 11.4. The molecule has 1 saturated carbocycles. The van der Waals surface area contributed by atoms with Gasteiger partial charge in [0.25, 0.3) is 0 Å². The predicted octanol–water partition coefficient (Wildman–Crippen LogP) is 7.33. The van der Waals surface area contributed by atoms with Gasteiger partial charge < -0.3 is 5.73 Å². The zero-order valence-corrected chi connectivity index (χ0v) is 17.2. The number of rotatable bonds is 14. The Balaban J connectivity index is 2.22. The molecule has 0 saturated heterocycles. The monoisotopic (exact) mass is 337 g/mol. The molecule has 0 spiro atoms. The lowest BCUT2D eigenvalue weighted by molar-refractivity contribution is 0.0924. The summed E-state index contributed by atoms with van der Waals surface area (Å²) < 4.78 is 0. The number of hydrogen-bond acceptors (Lipinski definition) is 1. The van der Waals surface area contributed by atoms with Crippen molar-refractivity contribution in [2.24, 2.45) is 29.4 Å². The topological polar surface area (TPSA) is 26.0 Å². The maximum absolute atomic E-state index is 6.21. The lowest BCUT2D eigenvalue weighted by atomic mass is 9.65. The molecule has 1 nitrogen and oxygen atoms in total. The van der Waals surface area contributed by atoms with Gasteiger partial charge in [-0.2, -0.15) is 0 Å². The molecule has 1 aliphatic rings. The van der Waals surface area contributed by atoms with Crippen LogP contribution < -0.4 is 5.73 Å². The first-order valence-electron chi connectivity index (χ1n) is 11.4. The highest BCUT2D eigenvalue weighted by Crippen LogP contribution is 2.42. The summed E-state index contributed by atoms with van der Waals surface area (Å²) in [5.74, 6) is 3.54. The van der Waals surface area contributed by atoms with E-state index in [2.05, 4.69) is 20.8 Å². The Morgan fingerprint density at radius 3 is 1.71 bits per heavy atom. The predicted molar refractivity (Wildman–Crippen MR) is 109 cm³/mol. The summed E-state index contributed by atoms with van der Waals surface area (Å²) in [6.07, 6.45) is 21.5. The average Bonchev–Trinajstić information content (AvgIpc) is 2.59. The van der Waals surface area contributed by atoms with E-state index in [0.29, 0.717) is 0 Å². The first kappa shape index (κ1) is 22.0. The lowest BCUT2D eigenvalue weighted by Gasteiger charge is -2.41. The van der Waals surface area contributed by atoms with Gasteiger partial charge in [0.2, 0.25) is 0 Å². The minimum Gasteiger partial charge on any atom is -0.330 e. The second-order valence-corrected chi connectivity index (χ2v) is 8.62. The van der Waals surface area contributed by atoms with Crippen LogP contribution in [0.4, 0.5) is 0 Å². The quantitative estimate of drug-likeness (QED) is 0.330. The summed E-state index contributed by atoms with van der Waals surface area (Å²) in [5, 5.41) is 0. The fraction of sp³-hybridized carbons (Fsp3) is 1.00. The van der Waals surface area contributed by atoms with Crippen LogP contribution in [0.5, 0.6) is 0 Å². The van der Waals surface area contributed by atoms with Crippen LogP contribution in [-0.4, -0.2) is 6.54 Å². The minimum atomic E-state index is 0.801. The highest BCUT2D eigenvalue weighted by Gasteiger charge is 2.34.